The summed E-state index contributed by atoms with van der Waals surface area (Å²) in [6.07, 6.45) is 2.51. The number of aromatic nitrogens is 4. The van der Waals surface area contributed by atoms with Gasteiger partial charge in [0.2, 0.25) is 0 Å². The zero-order valence-electron chi connectivity index (χ0n) is 13.5. The van der Waals surface area contributed by atoms with Gasteiger partial charge in [0.15, 0.2) is 11.6 Å². The van der Waals surface area contributed by atoms with Crippen molar-refractivity contribution >= 4 is 5.82 Å². The maximum absolute atomic E-state index is 10.3. The van der Waals surface area contributed by atoms with E-state index in [9.17, 15) is 5.11 Å². The van der Waals surface area contributed by atoms with Gasteiger partial charge in [0.25, 0.3) is 0 Å². The number of aliphatic hydroxyl groups is 1. The molecule has 124 valence electrons. The Morgan fingerprint density at radius 3 is 2.87 bits per heavy atom. The molecule has 0 aromatic carbocycles. The maximum atomic E-state index is 10.3. The van der Waals surface area contributed by atoms with Crippen molar-refractivity contribution in [1.82, 2.24) is 19.7 Å². The average Bonchev–Trinajstić information content (AvgIpc) is 3.06. The lowest BCUT2D eigenvalue weighted by Gasteiger charge is -2.18. The number of ether oxygens (including phenoxy) is 2. The van der Waals surface area contributed by atoms with Crippen molar-refractivity contribution in [3.8, 4) is 5.75 Å². The fraction of sp³-hybridized carbons (Fsp3) is 0.533. The van der Waals surface area contributed by atoms with Crippen LogP contribution in [0.25, 0.3) is 0 Å². The summed E-state index contributed by atoms with van der Waals surface area (Å²) in [6.45, 7) is 3.30. The molecular weight excluding hydrogens is 298 g/mol. The Morgan fingerprint density at radius 2 is 2.17 bits per heavy atom. The third kappa shape index (κ3) is 3.59. The van der Waals surface area contributed by atoms with Crippen LogP contribution in [0.3, 0.4) is 0 Å². The van der Waals surface area contributed by atoms with Gasteiger partial charge in [-0.05, 0) is 6.92 Å². The highest BCUT2D eigenvalue weighted by Gasteiger charge is 2.34. The predicted molar refractivity (Wildman–Crippen MR) is 83.3 cm³/mol. The Hall–Kier alpha value is -2.19. The summed E-state index contributed by atoms with van der Waals surface area (Å²) in [7, 11) is 3.44. The largest absolute Gasteiger partial charge is 0.482 e. The number of hydrogen-bond donors (Lipinski definition) is 1. The number of aryl methyl sites for hydroxylation is 2. The van der Waals surface area contributed by atoms with Gasteiger partial charge in [-0.25, -0.2) is 9.97 Å². The Morgan fingerprint density at radius 1 is 1.35 bits per heavy atom. The quantitative estimate of drug-likeness (QED) is 0.848. The van der Waals surface area contributed by atoms with Gasteiger partial charge >= 0.3 is 0 Å². The lowest BCUT2D eigenvalue weighted by molar-refractivity contribution is 0.0737. The van der Waals surface area contributed by atoms with Gasteiger partial charge in [0.1, 0.15) is 24.6 Å². The molecule has 8 nitrogen and oxygen atoms in total. The molecule has 0 spiro atoms. The van der Waals surface area contributed by atoms with E-state index in [-0.39, 0.29) is 6.10 Å². The zero-order valence-corrected chi connectivity index (χ0v) is 13.5. The minimum Gasteiger partial charge on any atom is -0.482 e. The van der Waals surface area contributed by atoms with Crippen molar-refractivity contribution in [2.24, 2.45) is 7.05 Å². The number of hydrogen-bond acceptors (Lipinski definition) is 7. The Balaban J connectivity index is 1.72. The van der Waals surface area contributed by atoms with E-state index in [1.807, 2.05) is 24.9 Å². The SMILES string of the molecule is COCc1nc(C)cc(N2C[C@@H](O)[C@H](Oc3cnn(C)c3)C2)n1. The molecule has 2 aromatic heterocycles. The Kier molecular flexibility index (Phi) is 4.44. The van der Waals surface area contributed by atoms with Crippen LogP contribution in [0.4, 0.5) is 5.82 Å². The first-order valence-corrected chi connectivity index (χ1v) is 7.47. The van der Waals surface area contributed by atoms with E-state index in [4.69, 9.17) is 9.47 Å². The minimum absolute atomic E-state index is 0.319. The number of anilines is 1. The summed E-state index contributed by atoms with van der Waals surface area (Å²) in [5.74, 6) is 2.06. The Labute approximate surface area is 134 Å². The van der Waals surface area contributed by atoms with Crippen LogP contribution in [-0.2, 0) is 18.4 Å². The average molecular weight is 319 g/mol. The lowest BCUT2D eigenvalue weighted by Crippen LogP contribution is -2.29. The second-order valence-corrected chi connectivity index (χ2v) is 5.70. The molecule has 0 saturated carbocycles. The molecule has 8 heteroatoms. The van der Waals surface area contributed by atoms with Gasteiger partial charge in [-0.15, -0.1) is 0 Å². The van der Waals surface area contributed by atoms with Gasteiger partial charge in [-0.2, -0.15) is 5.10 Å². The monoisotopic (exact) mass is 319 g/mol. The van der Waals surface area contributed by atoms with E-state index in [1.54, 1.807) is 24.2 Å². The van der Waals surface area contributed by atoms with E-state index in [0.29, 0.717) is 31.3 Å². The molecule has 23 heavy (non-hydrogen) atoms. The zero-order chi connectivity index (χ0) is 16.4. The molecule has 0 bridgehead atoms. The second-order valence-electron chi connectivity index (χ2n) is 5.70. The summed E-state index contributed by atoms with van der Waals surface area (Å²) in [4.78, 5) is 10.8. The molecule has 2 atom stereocenters. The van der Waals surface area contributed by atoms with Crippen LogP contribution in [0.15, 0.2) is 18.5 Å². The topological polar surface area (TPSA) is 85.5 Å². The predicted octanol–water partition coefficient (Wildman–Crippen LogP) is 0.293. The molecule has 1 aliphatic rings. The second kappa shape index (κ2) is 6.51. The van der Waals surface area contributed by atoms with Crippen LogP contribution in [-0.4, -0.2) is 57.3 Å². The van der Waals surface area contributed by atoms with Gasteiger partial charge < -0.3 is 19.5 Å². The molecule has 0 radical (unpaired) electrons. The normalized spacial score (nSPS) is 21.0. The highest BCUT2D eigenvalue weighted by molar-refractivity contribution is 5.42. The number of nitrogens with zero attached hydrogens (tertiary/aromatic N) is 5. The van der Waals surface area contributed by atoms with Gasteiger partial charge in [-0.1, -0.05) is 0 Å². The first-order chi connectivity index (χ1) is 11.0. The molecule has 0 unspecified atom stereocenters. The number of methoxy groups -OCH3 is 1. The van der Waals surface area contributed by atoms with Gasteiger partial charge in [0, 0.05) is 32.5 Å². The van der Waals surface area contributed by atoms with Crippen LogP contribution in [0.1, 0.15) is 11.5 Å². The van der Waals surface area contributed by atoms with E-state index in [1.165, 1.54) is 0 Å². The molecule has 0 aliphatic carbocycles. The first kappa shape index (κ1) is 15.7. The van der Waals surface area contributed by atoms with Crippen molar-refractivity contribution in [3.63, 3.8) is 0 Å². The van der Waals surface area contributed by atoms with Crippen LogP contribution in [0.5, 0.6) is 5.75 Å². The van der Waals surface area contributed by atoms with Crippen molar-refractivity contribution < 1.29 is 14.6 Å². The molecule has 3 heterocycles. The fourth-order valence-electron chi connectivity index (χ4n) is 2.66. The number of aliphatic hydroxyl groups excluding tert-OH is 1. The highest BCUT2D eigenvalue weighted by atomic mass is 16.5. The van der Waals surface area contributed by atoms with Crippen molar-refractivity contribution in [3.05, 3.63) is 30.0 Å². The molecule has 1 aliphatic heterocycles. The van der Waals surface area contributed by atoms with E-state index < -0.39 is 6.10 Å². The number of β-amino-alcohol motifs (C(OH)–C–C–N with tert-alkyl or cyclic N) is 1. The standard InChI is InChI=1S/C15H21N5O3/c1-10-4-15(18-14(17-10)9-22-3)20-7-12(21)13(8-20)23-11-5-16-19(2)6-11/h4-6,12-13,21H,7-9H2,1-3H3/t12-,13-/m1/s1. The highest BCUT2D eigenvalue weighted by Crippen LogP contribution is 2.23. The third-order valence-electron chi connectivity index (χ3n) is 3.69. The van der Waals surface area contributed by atoms with E-state index >= 15 is 0 Å². The summed E-state index contributed by atoms with van der Waals surface area (Å²) in [5, 5.41) is 14.3. The van der Waals surface area contributed by atoms with Crippen molar-refractivity contribution in [2.45, 2.75) is 25.7 Å². The van der Waals surface area contributed by atoms with Crippen molar-refractivity contribution in [2.75, 3.05) is 25.1 Å². The first-order valence-electron chi connectivity index (χ1n) is 7.47. The van der Waals surface area contributed by atoms with Gasteiger partial charge in [0.05, 0.1) is 18.9 Å². The smallest absolute Gasteiger partial charge is 0.157 e. The molecular formula is C15H21N5O3. The summed E-state index contributed by atoms with van der Waals surface area (Å²) >= 11 is 0. The fourth-order valence-corrected chi connectivity index (χ4v) is 2.66. The van der Waals surface area contributed by atoms with Crippen LogP contribution >= 0.6 is 0 Å². The molecule has 3 rings (SSSR count). The van der Waals surface area contributed by atoms with Crippen LogP contribution in [0, 0.1) is 6.92 Å². The van der Waals surface area contributed by atoms with Gasteiger partial charge in [-0.3, -0.25) is 4.68 Å². The maximum Gasteiger partial charge on any atom is 0.157 e. The minimum atomic E-state index is -0.587. The van der Waals surface area contributed by atoms with Crippen molar-refractivity contribution in [1.29, 1.82) is 0 Å². The van der Waals surface area contributed by atoms with E-state index in [2.05, 4.69) is 15.1 Å². The van der Waals surface area contributed by atoms with Crippen LogP contribution in [0.2, 0.25) is 0 Å². The Bertz CT molecular complexity index is 675. The summed E-state index contributed by atoms with van der Waals surface area (Å²) in [6, 6.07) is 1.90. The molecule has 1 fully saturated rings. The summed E-state index contributed by atoms with van der Waals surface area (Å²) in [5.41, 5.74) is 0.869. The molecule has 1 N–H and O–H groups in total. The number of rotatable bonds is 5. The third-order valence-corrected chi connectivity index (χ3v) is 3.69. The summed E-state index contributed by atoms with van der Waals surface area (Å²) < 4.78 is 12.6. The lowest BCUT2D eigenvalue weighted by atomic mass is 10.3. The van der Waals surface area contributed by atoms with E-state index in [0.717, 1.165) is 11.5 Å². The molecule has 0 amide bonds. The van der Waals surface area contributed by atoms with Crippen LogP contribution < -0.4 is 9.64 Å². The molecule has 1 saturated heterocycles. The molecule has 2 aromatic rings.